The molecule has 146 valence electrons. The van der Waals surface area contributed by atoms with Gasteiger partial charge in [-0.2, -0.15) is 0 Å². The van der Waals surface area contributed by atoms with Crippen LogP contribution >= 0.6 is 0 Å². The number of aromatic nitrogens is 1. The van der Waals surface area contributed by atoms with Crippen LogP contribution in [0.3, 0.4) is 0 Å². The van der Waals surface area contributed by atoms with E-state index >= 15 is 0 Å². The zero-order valence-electron chi connectivity index (χ0n) is 16.3. The van der Waals surface area contributed by atoms with Crippen LogP contribution in [-0.4, -0.2) is 28.5 Å². The largest absolute Gasteiger partial charge is 0.338 e. The zero-order valence-corrected chi connectivity index (χ0v) is 16.3. The Balaban J connectivity index is 1.49. The first kappa shape index (κ1) is 17.7. The molecule has 1 amide bonds. The number of piperidine rings is 1. The number of hydrogen-bond donors (Lipinski definition) is 0. The van der Waals surface area contributed by atoms with E-state index in [0.717, 1.165) is 31.6 Å². The summed E-state index contributed by atoms with van der Waals surface area (Å²) in [4.78, 5) is 27.7. The molecule has 28 heavy (non-hydrogen) atoms. The third-order valence-corrected chi connectivity index (χ3v) is 6.98. The smallest absolute Gasteiger partial charge is 0.253 e. The standard InChI is InChI=1S/C24H28N2O2/c27-22-12-11-21(18-7-3-1-4-8-18)23-20-13-17(15-26(22)23)14-25(16-20)24(28)19-9-5-2-6-10-19/h2,5-6,9-12,17-18,20H,1,3-4,7-8,13-16H2/t17-,20+/m0/s1. The first-order chi connectivity index (χ1) is 13.7. The summed E-state index contributed by atoms with van der Waals surface area (Å²) in [5.41, 5.74) is 3.52. The highest BCUT2D eigenvalue weighted by Crippen LogP contribution is 2.42. The number of carbonyl (C=O) groups is 1. The normalized spacial score (nSPS) is 24.6. The van der Waals surface area contributed by atoms with Crippen LogP contribution in [0.15, 0.2) is 47.3 Å². The Morgan fingerprint density at radius 1 is 0.857 bits per heavy atom. The van der Waals surface area contributed by atoms with Gasteiger partial charge in [0.2, 0.25) is 0 Å². The molecule has 0 spiro atoms. The van der Waals surface area contributed by atoms with Gasteiger partial charge in [-0.1, -0.05) is 43.5 Å². The summed E-state index contributed by atoms with van der Waals surface area (Å²) in [6.07, 6.45) is 7.46. The highest BCUT2D eigenvalue weighted by atomic mass is 16.2. The Morgan fingerprint density at radius 2 is 1.64 bits per heavy atom. The number of hydrogen-bond acceptors (Lipinski definition) is 2. The fourth-order valence-electron chi connectivity index (χ4n) is 5.74. The predicted molar refractivity (Wildman–Crippen MR) is 110 cm³/mol. The average Bonchev–Trinajstić information content (AvgIpc) is 2.75. The summed E-state index contributed by atoms with van der Waals surface area (Å²) in [7, 11) is 0. The Kier molecular flexibility index (Phi) is 4.58. The topological polar surface area (TPSA) is 42.3 Å². The van der Waals surface area contributed by atoms with E-state index in [1.165, 1.54) is 43.4 Å². The first-order valence-electron chi connectivity index (χ1n) is 10.8. The quantitative estimate of drug-likeness (QED) is 0.790. The fourth-order valence-corrected chi connectivity index (χ4v) is 5.74. The summed E-state index contributed by atoms with van der Waals surface area (Å²) < 4.78 is 2.05. The summed E-state index contributed by atoms with van der Waals surface area (Å²) in [5.74, 6) is 1.36. The van der Waals surface area contributed by atoms with Crippen LogP contribution in [0.4, 0.5) is 0 Å². The molecule has 0 N–H and O–H groups in total. The molecule has 3 heterocycles. The van der Waals surface area contributed by atoms with Crippen molar-refractivity contribution < 1.29 is 4.79 Å². The van der Waals surface area contributed by atoms with Gasteiger partial charge in [-0.05, 0) is 48.8 Å². The lowest BCUT2D eigenvalue weighted by Crippen LogP contribution is -2.49. The minimum Gasteiger partial charge on any atom is -0.338 e. The lowest BCUT2D eigenvalue weighted by Gasteiger charge is -2.44. The second-order valence-corrected chi connectivity index (χ2v) is 8.83. The van der Waals surface area contributed by atoms with Crippen molar-refractivity contribution in [3.05, 3.63) is 69.6 Å². The SMILES string of the molecule is O=C(c1ccccc1)N1C[C@@H]2C[C@H](C1)c1c(C3CCCCC3)ccc(=O)n1C2. The van der Waals surface area contributed by atoms with E-state index in [9.17, 15) is 9.59 Å². The van der Waals surface area contributed by atoms with Gasteiger partial charge in [0.15, 0.2) is 0 Å². The van der Waals surface area contributed by atoms with E-state index in [1.807, 2.05) is 39.8 Å². The van der Waals surface area contributed by atoms with Crippen molar-refractivity contribution >= 4 is 5.91 Å². The number of pyridine rings is 1. The second kappa shape index (κ2) is 7.23. The van der Waals surface area contributed by atoms with Gasteiger partial charge in [-0.3, -0.25) is 9.59 Å². The minimum atomic E-state index is 0.126. The van der Waals surface area contributed by atoms with E-state index in [-0.39, 0.29) is 17.4 Å². The Hall–Kier alpha value is -2.36. The molecular weight excluding hydrogens is 348 g/mol. The number of amides is 1. The number of carbonyl (C=O) groups excluding carboxylic acids is 1. The summed E-state index contributed by atoms with van der Waals surface area (Å²) >= 11 is 0. The van der Waals surface area contributed by atoms with Crippen LogP contribution in [0.25, 0.3) is 0 Å². The Morgan fingerprint density at radius 3 is 2.43 bits per heavy atom. The maximum absolute atomic E-state index is 13.1. The number of benzene rings is 1. The van der Waals surface area contributed by atoms with E-state index in [4.69, 9.17) is 0 Å². The molecule has 2 bridgehead atoms. The monoisotopic (exact) mass is 376 g/mol. The molecule has 5 rings (SSSR count). The third-order valence-electron chi connectivity index (χ3n) is 6.98. The number of fused-ring (bicyclic) bond motifs is 4. The number of nitrogens with zero attached hydrogens (tertiary/aromatic N) is 2. The molecule has 2 aliphatic heterocycles. The molecule has 1 saturated heterocycles. The number of rotatable bonds is 2. The molecule has 0 unspecified atom stereocenters. The third kappa shape index (κ3) is 3.09. The van der Waals surface area contributed by atoms with Crippen molar-refractivity contribution in [1.29, 1.82) is 0 Å². The highest BCUT2D eigenvalue weighted by molar-refractivity contribution is 5.94. The molecule has 3 aliphatic rings. The first-order valence-corrected chi connectivity index (χ1v) is 10.8. The zero-order chi connectivity index (χ0) is 19.1. The van der Waals surface area contributed by atoms with Gasteiger partial charge in [0.1, 0.15) is 0 Å². The van der Waals surface area contributed by atoms with Crippen molar-refractivity contribution in [2.45, 2.75) is 56.9 Å². The average molecular weight is 377 g/mol. The second-order valence-electron chi connectivity index (χ2n) is 8.83. The van der Waals surface area contributed by atoms with Gasteiger partial charge in [-0.25, -0.2) is 0 Å². The van der Waals surface area contributed by atoms with Crippen molar-refractivity contribution in [1.82, 2.24) is 9.47 Å². The molecule has 0 radical (unpaired) electrons. The predicted octanol–water partition coefficient (Wildman–Crippen LogP) is 4.16. The Labute approximate surface area is 166 Å². The molecule has 1 aromatic heterocycles. The molecule has 4 heteroatoms. The fraction of sp³-hybridized carbons (Fsp3) is 0.500. The van der Waals surface area contributed by atoms with Crippen molar-refractivity contribution in [2.24, 2.45) is 5.92 Å². The molecule has 2 atom stereocenters. The summed E-state index contributed by atoms with van der Waals surface area (Å²) in [5, 5.41) is 0. The Bertz CT molecular complexity index is 927. The molecule has 1 saturated carbocycles. The van der Waals surface area contributed by atoms with Crippen molar-refractivity contribution in [2.75, 3.05) is 13.1 Å². The summed E-state index contributed by atoms with van der Waals surface area (Å²) in [6, 6.07) is 13.5. The molecule has 1 aliphatic carbocycles. The maximum Gasteiger partial charge on any atom is 0.253 e. The van der Waals surface area contributed by atoms with Crippen LogP contribution in [0.2, 0.25) is 0 Å². The van der Waals surface area contributed by atoms with Gasteiger partial charge in [-0.15, -0.1) is 0 Å². The lowest BCUT2D eigenvalue weighted by molar-refractivity contribution is 0.0592. The molecule has 2 fully saturated rings. The minimum absolute atomic E-state index is 0.126. The molecule has 4 nitrogen and oxygen atoms in total. The number of likely N-dealkylation sites (tertiary alicyclic amines) is 1. The van der Waals surface area contributed by atoms with Gasteiger partial charge in [0.25, 0.3) is 11.5 Å². The highest BCUT2D eigenvalue weighted by Gasteiger charge is 2.38. The van der Waals surface area contributed by atoms with Gasteiger partial charge in [0, 0.05) is 42.9 Å². The van der Waals surface area contributed by atoms with E-state index in [0.29, 0.717) is 11.8 Å². The van der Waals surface area contributed by atoms with Crippen molar-refractivity contribution in [3.63, 3.8) is 0 Å². The van der Waals surface area contributed by atoms with Crippen LogP contribution in [0.5, 0.6) is 0 Å². The van der Waals surface area contributed by atoms with E-state index < -0.39 is 0 Å². The van der Waals surface area contributed by atoms with Crippen molar-refractivity contribution in [3.8, 4) is 0 Å². The van der Waals surface area contributed by atoms with Crippen LogP contribution < -0.4 is 5.56 Å². The molecule has 2 aromatic rings. The van der Waals surface area contributed by atoms with Crippen LogP contribution in [-0.2, 0) is 6.54 Å². The van der Waals surface area contributed by atoms with Gasteiger partial charge >= 0.3 is 0 Å². The molecule has 1 aromatic carbocycles. The van der Waals surface area contributed by atoms with Gasteiger partial charge in [0.05, 0.1) is 0 Å². The van der Waals surface area contributed by atoms with E-state index in [2.05, 4.69) is 6.07 Å². The van der Waals surface area contributed by atoms with E-state index in [1.54, 1.807) is 6.07 Å². The van der Waals surface area contributed by atoms with Gasteiger partial charge < -0.3 is 9.47 Å². The van der Waals surface area contributed by atoms with Crippen LogP contribution in [0, 0.1) is 5.92 Å². The maximum atomic E-state index is 13.1. The van der Waals surface area contributed by atoms with Crippen LogP contribution in [0.1, 0.15) is 72.0 Å². The summed E-state index contributed by atoms with van der Waals surface area (Å²) in [6.45, 7) is 2.24. The lowest BCUT2D eigenvalue weighted by atomic mass is 9.76. The molecular formula is C24H28N2O2.